The van der Waals surface area contributed by atoms with Crippen LogP contribution < -0.4 is 5.32 Å². The highest BCUT2D eigenvalue weighted by molar-refractivity contribution is 5.91. The summed E-state index contributed by atoms with van der Waals surface area (Å²) >= 11 is 0. The Morgan fingerprint density at radius 1 is 1.57 bits per heavy atom. The summed E-state index contributed by atoms with van der Waals surface area (Å²) in [5.74, 6) is 0.194. The van der Waals surface area contributed by atoms with Gasteiger partial charge in [0.25, 0.3) is 0 Å². The maximum Gasteiger partial charge on any atom is 0.245 e. The summed E-state index contributed by atoms with van der Waals surface area (Å²) in [6, 6.07) is -0.317. The van der Waals surface area contributed by atoms with Gasteiger partial charge in [-0.2, -0.15) is 0 Å². The lowest BCUT2D eigenvalue weighted by molar-refractivity contribution is -0.141. The third-order valence-electron chi connectivity index (χ3n) is 2.82. The standard InChI is InChI=1S/C9H14N2O3/c12-5-6-3-11(4-6)9(14)7-1-2-8(13)10-7/h6-7,12H,1-5H2,(H,10,13)/t7-/m0/s1. The minimum atomic E-state index is -0.317. The minimum absolute atomic E-state index is 0.000509. The normalized spacial score (nSPS) is 27.4. The molecule has 2 amide bonds. The van der Waals surface area contributed by atoms with Gasteiger partial charge in [0.15, 0.2) is 0 Å². The fourth-order valence-corrected chi connectivity index (χ4v) is 1.88. The van der Waals surface area contributed by atoms with Crippen LogP contribution in [0.3, 0.4) is 0 Å². The Balaban J connectivity index is 1.82. The van der Waals surface area contributed by atoms with E-state index in [4.69, 9.17) is 5.11 Å². The highest BCUT2D eigenvalue weighted by Gasteiger charge is 2.36. The van der Waals surface area contributed by atoms with E-state index in [1.165, 1.54) is 0 Å². The van der Waals surface area contributed by atoms with Crippen molar-refractivity contribution >= 4 is 11.8 Å². The van der Waals surface area contributed by atoms with Crippen molar-refractivity contribution in [3.05, 3.63) is 0 Å². The summed E-state index contributed by atoms with van der Waals surface area (Å²) in [5.41, 5.74) is 0. The van der Waals surface area contributed by atoms with Crippen LogP contribution in [0.1, 0.15) is 12.8 Å². The van der Waals surface area contributed by atoms with Gasteiger partial charge in [-0.15, -0.1) is 0 Å². The molecule has 2 saturated heterocycles. The van der Waals surface area contributed by atoms with E-state index in [0.717, 1.165) is 0 Å². The van der Waals surface area contributed by atoms with Crippen LogP contribution in [0.15, 0.2) is 0 Å². The molecule has 2 rings (SSSR count). The van der Waals surface area contributed by atoms with E-state index in [2.05, 4.69) is 5.32 Å². The van der Waals surface area contributed by atoms with E-state index in [1.54, 1.807) is 4.90 Å². The molecule has 5 nitrogen and oxygen atoms in total. The molecule has 2 heterocycles. The number of nitrogens with zero attached hydrogens (tertiary/aromatic N) is 1. The Kier molecular flexibility index (Phi) is 2.41. The van der Waals surface area contributed by atoms with Crippen molar-refractivity contribution in [3.8, 4) is 0 Å². The molecule has 0 aliphatic carbocycles. The first-order valence-electron chi connectivity index (χ1n) is 4.89. The first-order valence-corrected chi connectivity index (χ1v) is 4.89. The molecule has 0 aromatic rings. The first kappa shape index (κ1) is 9.45. The van der Waals surface area contributed by atoms with Gasteiger partial charge in [-0.3, -0.25) is 9.59 Å². The summed E-state index contributed by atoms with van der Waals surface area (Å²) in [7, 11) is 0. The zero-order valence-corrected chi connectivity index (χ0v) is 7.90. The topological polar surface area (TPSA) is 69.6 Å². The van der Waals surface area contributed by atoms with Crippen molar-refractivity contribution in [2.75, 3.05) is 19.7 Å². The largest absolute Gasteiger partial charge is 0.396 e. The predicted molar refractivity (Wildman–Crippen MR) is 48.3 cm³/mol. The van der Waals surface area contributed by atoms with Gasteiger partial charge in [-0.1, -0.05) is 0 Å². The van der Waals surface area contributed by atoms with Gasteiger partial charge in [0.05, 0.1) is 0 Å². The first-order chi connectivity index (χ1) is 6.70. The number of carbonyl (C=O) groups is 2. The fraction of sp³-hybridized carbons (Fsp3) is 0.778. The Bertz CT molecular complexity index is 261. The molecule has 0 spiro atoms. The molecule has 2 aliphatic rings. The van der Waals surface area contributed by atoms with E-state index < -0.39 is 0 Å². The van der Waals surface area contributed by atoms with E-state index in [0.29, 0.717) is 25.9 Å². The molecule has 0 saturated carbocycles. The van der Waals surface area contributed by atoms with Crippen LogP contribution in [0.25, 0.3) is 0 Å². The molecule has 0 radical (unpaired) electrons. The summed E-state index contributed by atoms with van der Waals surface area (Å²) in [6.07, 6.45) is 1.06. The zero-order chi connectivity index (χ0) is 10.1. The molecule has 14 heavy (non-hydrogen) atoms. The van der Waals surface area contributed by atoms with Crippen molar-refractivity contribution < 1.29 is 14.7 Å². The molecule has 5 heteroatoms. The second-order valence-corrected chi connectivity index (χ2v) is 3.95. The van der Waals surface area contributed by atoms with Crippen LogP contribution in [0.2, 0.25) is 0 Å². The number of likely N-dealkylation sites (tertiary alicyclic amines) is 1. The number of aliphatic hydroxyl groups excluding tert-OH is 1. The molecule has 0 unspecified atom stereocenters. The van der Waals surface area contributed by atoms with E-state index in [9.17, 15) is 9.59 Å². The third-order valence-corrected chi connectivity index (χ3v) is 2.82. The second kappa shape index (κ2) is 3.57. The van der Waals surface area contributed by atoms with Crippen molar-refractivity contribution in [1.82, 2.24) is 10.2 Å². The van der Waals surface area contributed by atoms with Crippen LogP contribution in [0.4, 0.5) is 0 Å². The van der Waals surface area contributed by atoms with Gasteiger partial charge >= 0.3 is 0 Å². The van der Waals surface area contributed by atoms with Gasteiger partial charge in [0, 0.05) is 32.0 Å². The molecule has 0 bridgehead atoms. The van der Waals surface area contributed by atoms with Crippen molar-refractivity contribution in [2.45, 2.75) is 18.9 Å². The highest BCUT2D eigenvalue weighted by Crippen LogP contribution is 2.18. The van der Waals surface area contributed by atoms with E-state index >= 15 is 0 Å². The average Bonchev–Trinajstić information content (AvgIpc) is 2.49. The van der Waals surface area contributed by atoms with Crippen LogP contribution >= 0.6 is 0 Å². The van der Waals surface area contributed by atoms with Crippen molar-refractivity contribution in [2.24, 2.45) is 5.92 Å². The predicted octanol–water partition coefficient (Wildman–Crippen LogP) is -1.28. The maximum atomic E-state index is 11.7. The molecule has 0 aromatic carbocycles. The number of hydrogen-bond donors (Lipinski definition) is 2. The Labute approximate surface area is 82.1 Å². The number of aliphatic hydroxyl groups is 1. The Morgan fingerprint density at radius 2 is 2.29 bits per heavy atom. The number of amides is 2. The monoisotopic (exact) mass is 198 g/mol. The van der Waals surface area contributed by atoms with Gasteiger partial charge in [-0.25, -0.2) is 0 Å². The fourth-order valence-electron chi connectivity index (χ4n) is 1.88. The summed E-state index contributed by atoms with van der Waals surface area (Å²) < 4.78 is 0. The Hall–Kier alpha value is -1.10. The zero-order valence-electron chi connectivity index (χ0n) is 7.90. The van der Waals surface area contributed by atoms with E-state index in [1.807, 2.05) is 0 Å². The van der Waals surface area contributed by atoms with Crippen LogP contribution in [0.5, 0.6) is 0 Å². The molecule has 1 atom stereocenters. The molecule has 0 aromatic heterocycles. The number of rotatable bonds is 2. The summed E-state index contributed by atoms with van der Waals surface area (Å²) in [5, 5.41) is 11.4. The van der Waals surface area contributed by atoms with Crippen molar-refractivity contribution in [1.29, 1.82) is 0 Å². The maximum absolute atomic E-state index is 11.7. The third kappa shape index (κ3) is 1.59. The lowest BCUT2D eigenvalue weighted by Gasteiger charge is -2.39. The van der Waals surface area contributed by atoms with Gasteiger partial charge in [0.1, 0.15) is 6.04 Å². The summed E-state index contributed by atoms with van der Waals surface area (Å²) in [6.45, 7) is 1.39. The lowest BCUT2D eigenvalue weighted by atomic mass is 10.00. The second-order valence-electron chi connectivity index (χ2n) is 3.95. The SMILES string of the molecule is O=C1CC[C@@H](C(=O)N2CC(CO)C2)N1. The average molecular weight is 198 g/mol. The molecule has 78 valence electrons. The lowest BCUT2D eigenvalue weighted by Crippen LogP contribution is -2.56. The molecular weight excluding hydrogens is 184 g/mol. The molecule has 2 N–H and O–H groups in total. The van der Waals surface area contributed by atoms with E-state index in [-0.39, 0.29) is 30.4 Å². The molecule has 2 fully saturated rings. The Morgan fingerprint density at radius 3 is 2.79 bits per heavy atom. The van der Waals surface area contributed by atoms with Gasteiger partial charge < -0.3 is 15.3 Å². The van der Waals surface area contributed by atoms with Gasteiger partial charge in [-0.05, 0) is 6.42 Å². The number of nitrogens with one attached hydrogen (secondary N) is 1. The van der Waals surface area contributed by atoms with Crippen LogP contribution in [0, 0.1) is 5.92 Å². The van der Waals surface area contributed by atoms with Crippen molar-refractivity contribution in [3.63, 3.8) is 0 Å². The molecule has 2 aliphatic heterocycles. The smallest absolute Gasteiger partial charge is 0.245 e. The number of carbonyl (C=O) groups excluding carboxylic acids is 2. The van der Waals surface area contributed by atoms with Gasteiger partial charge in [0.2, 0.25) is 11.8 Å². The van der Waals surface area contributed by atoms with Crippen LogP contribution in [-0.4, -0.2) is 47.6 Å². The minimum Gasteiger partial charge on any atom is -0.396 e. The quantitative estimate of drug-likeness (QED) is 0.580. The number of hydrogen-bond acceptors (Lipinski definition) is 3. The van der Waals surface area contributed by atoms with Crippen LogP contribution in [-0.2, 0) is 9.59 Å². The summed E-state index contributed by atoms with van der Waals surface area (Å²) in [4.78, 5) is 24.2. The molecular formula is C9H14N2O3. The highest BCUT2D eigenvalue weighted by atomic mass is 16.3.